The van der Waals surface area contributed by atoms with Gasteiger partial charge in [-0.25, -0.2) is 0 Å². The summed E-state index contributed by atoms with van der Waals surface area (Å²) in [5, 5.41) is 3.75. The lowest BCUT2D eigenvalue weighted by atomic mass is 9.92. The number of nitrogens with zero attached hydrogens (tertiary/aromatic N) is 1. The Kier molecular flexibility index (Phi) is 6.31. The Morgan fingerprint density at radius 1 is 1.15 bits per heavy atom. The van der Waals surface area contributed by atoms with Crippen LogP contribution in [0.2, 0.25) is 0 Å². The lowest BCUT2D eigenvalue weighted by Gasteiger charge is -2.45. The van der Waals surface area contributed by atoms with Gasteiger partial charge >= 0.3 is 0 Å². The van der Waals surface area contributed by atoms with Crippen LogP contribution in [-0.4, -0.2) is 48.8 Å². The first-order chi connectivity index (χ1) is 9.67. The number of piperidine rings is 1. The number of rotatable bonds is 8. The van der Waals surface area contributed by atoms with E-state index in [1.165, 1.54) is 38.6 Å². The molecule has 118 valence electrons. The van der Waals surface area contributed by atoms with Crippen molar-refractivity contribution in [2.45, 2.75) is 84.0 Å². The van der Waals surface area contributed by atoms with Gasteiger partial charge in [-0.05, 0) is 51.5 Å². The molecular weight excluding hydrogens is 248 g/mol. The summed E-state index contributed by atoms with van der Waals surface area (Å²) in [4.78, 5) is 2.82. The normalized spacial score (nSPS) is 31.9. The fraction of sp³-hybridized carbons (Fsp3) is 1.00. The van der Waals surface area contributed by atoms with Crippen LogP contribution in [0.5, 0.6) is 0 Å². The molecule has 0 aromatic heterocycles. The Hall–Kier alpha value is -0.120. The zero-order valence-corrected chi connectivity index (χ0v) is 13.9. The summed E-state index contributed by atoms with van der Waals surface area (Å²) in [5.74, 6) is 0.685. The van der Waals surface area contributed by atoms with Crippen molar-refractivity contribution in [1.82, 2.24) is 10.2 Å². The standard InChI is InChI=1S/C17H34N2O/c1-5-9-18-14-10-15-7-8-16(11-14)19(15)17(13(3)4)12-20-6-2/h13-18H,5-12H2,1-4H3. The first kappa shape index (κ1) is 16.3. The molecule has 0 radical (unpaired) electrons. The highest BCUT2D eigenvalue weighted by atomic mass is 16.5. The molecule has 2 saturated heterocycles. The smallest absolute Gasteiger partial charge is 0.0624 e. The molecule has 3 heteroatoms. The maximum atomic E-state index is 5.77. The molecule has 0 spiro atoms. The molecule has 20 heavy (non-hydrogen) atoms. The van der Waals surface area contributed by atoms with E-state index in [1.807, 2.05) is 0 Å². The lowest BCUT2D eigenvalue weighted by molar-refractivity contribution is -0.00547. The summed E-state index contributed by atoms with van der Waals surface area (Å²) in [7, 11) is 0. The Bertz CT molecular complexity index is 268. The molecule has 2 rings (SSSR count). The first-order valence-corrected chi connectivity index (χ1v) is 8.75. The van der Waals surface area contributed by atoms with Crippen molar-refractivity contribution in [1.29, 1.82) is 0 Å². The average molecular weight is 282 g/mol. The Labute approximate surface area is 125 Å². The van der Waals surface area contributed by atoms with Crippen molar-refractivity contribution in [3.05, 3.63) is 0 Å². The van der Waals surface area contributed by atoms with E-state index in [9.17, 15) is 0 Å². The fourth-order valence-corrected chi connectivity index (χ4v) is 4.13. The highest BCUT2D eigenvalue weighted by molar-refractivity contribution is 5.00. The van der Waals surface area contributed by atoms with Crippen molar-refractivity contribution in [3.63, 3.8) is 0 Å². The van der Waals surface area contributed by atoms with Gasteiger partial charge in [0.1, 0.15) is 0 Å². The van der Waals surface area contributed by atoms with Crippen LogP contribution in [0.4, 0.5) is 0 Å². The molecule has 2 fully saturated rings. The Morgan fingerprint density at radius 2 is 1.80 bits per heavy atom. The van der Waals surface area contributed by atoms with Crippen molar-refractivity contribution in [2.24, 2.45) is 5.92 Å². The average Bonchev–Trinajstić information content (AvgIpc) is 2.68. The van der Waals surface area contributed by atoms with E-state index in [1.54, 1.807) is 0 Å². The quantitative estimate of drug-likeness (QED) is 0.740. The molecule has 2 aliphatic heterocycles. The second-order valence-electron chi connectivity index (χ2n) is 6.93. The van der Waals surface area contributed by atoms with E-state index in [4.69, 9.17) is 4.74 Å². The molecule has 0 saturated carbocycles. The van der Waals surface area contributed by atoms with Gasteiger partial charge in [0.2, 0.25) is 0 Å². The predicted molar refractivity (Wildman–Crippen MR) is 85.1 cm³/mol. The van der Waals surface area contributed by atoms with E-state index >= 15 is 0 Å². The van der Waals surface area contributed by atoms with Crippen LogP contribution in [0, 0.1) is 5.92 Å². The van der Waals surface area contributed by atoms with Crippen molar-refractivity contribution in [2.75, 3.05) is 19.8 Å². The van der Waals surface area contributed by atoms with Crippen LogP contribution < -0.4 is 5.32 Å². The van der Waals surface area contributed by atoms with Crippen LogP contribution >= 0.6 is 0 Å². The molecule has 2 aliphatic rings. The topological polar surface area (TPSA) is 24.5 Å². The van der Waals surface area contributed by atoms with Crippen molar-refractivity contribution in [3.8, 4) is 0 Å². The maximum absolute atomic E-state index is 5.77. The summed E-state index contributed by atoms with van der Waals surface area (Å²) in [5.41, 5.74) is 0. The molecular formula is C17H34N2O. The van der Waals surface area contributed by atoms with Crippen LogP contribution in [0.15, 0.2) is 0 Å². The molecule has 3 atom stereocenters. The van der Waals surface area contributed by atoms with Crippen LogP contribution in [-0.2, 0) is 4.74 Å². The molecule has 2 heterocycles. The SMILES string of the molecule is CCCNC1CC2CCC(C1)N2C(COCC)C(C)C. The summed E-state index contributed by atoms with van der Waals surface area (Å²) >= 11 is 0. The third-order valence-electron chi connectivity index (χ3n) is 5.12. The largest absolute Gasteiger partial charge is 0.380 e. The van der Waals surface area contributed by atoms with Gasteiger partial charge in [-0.3, -0.25) is 4.90 Å². The zero-order chi connectivity index (χ0) is 14.5. The number of hydrogen-bond donors (Lipinski definition) is 1. The summed E-state index contributed by atoms with van der Waals surface area (Å²) in [6, 6.07) is 2.94. The van der Waals surface area contributed by atoms with Gasteiger partial charge in [-0.2, -0.15) is 0 Å². The second kappa shape index (κ2) is 7.77. The third kappa shape index (κ3) is 3.75. The zero-order valence-electron chi connectivity index (χ0n) is 13.9. The fourth-order valence-electron chi connectivity index (χ4n) is 4.13. The highest BCUT2D eigenvalue weighted by Gasteiger charge is 2.44. The minimum atomic E-state index is 0.611. The molecule has 0 aromatic carbocycles. The van der Waals surface area contributed by atoms with Gasteiger partial charge in [-0.15, -0.1) is 0 Å². The molecule has 0 aliphatic carbocycles. The number of hydrogen-bond acceptors (Lipinski definition) is 3. The van der Waals surface area contributed by atoms with Gasteiger partial charge in [0.05, 0.1) is 6.61 Å². The Balaban J connectivity index is 1.96. The molecule has 1 N–H and O–H groups in total. The van der Waals surface area contributed by atoms with Crippen molar-refractivity contribution < 1.29 is 4.74 Å². The van der Waals surface area contributed by atoms with Crippen LogP contribution in [0.3, 0.4) is 0 Å². The highest BCUT2D eigenvalue weighted by Crippen LogP contribution is 2.38. The Morgan fingerprint density at radius 3 is 2.30 bits per heavy atom. The third-order valence-corrected chi connectivity index (χ3v) is 5.12. The number of fused-ring (bicyclic) bond motifs is 2. The van der Waals surface area contributed by atoms with Crippen LogP contribution in [0.1, 0.15) is 59.8 Å². The summed E-state index contributed by atoms with van der Waals surface area (Å²) in [6.07, 6.45) is 6.71. The van der Waals surface area contributed by atoms with Crippen LogP contribution in [0.25, 0.3) is 0 Å². The van der Waals surface area contributed by atoms with Gasteiger partial charge in [0, 0.05) is 30.8 Å². The number of ether oxygens (including phenoxy) is 1. The predicted octanol–water partition coefficient (Wildman–Crippen LogP) is 3.04. The first-order valence-electron chi connectivity index (χ1n) is 8.75. The molecule has 3 nitrogen and oxygen atoms in total. The van der Waals surface area contributed by atoms with Gasteiger partial charge in [-0.1, -0.05) is 20.8 Å². The molecule has 3 unspecified atom stereocenters. The molecule has 0 aromatic rings. The molecule has 0 amide bonds. The van der Waals surface area contributed by atoms with Crippen molar-refractivity contribution >= 4 is 0 Å². The van der Waals surface area contributed by atoms with Gasteiger partial charge < -0.3 is 10.1 Å². The lowest BCUT2D eigenvalue weighted by Crippen LogP contribution is -2.55. The van der Waals surface area contributed by atoms with E-state index in [-0.39, 0.29) is 0 Å². The van der Waals surface area contributed by atoms with Gasteiger partial charge in [0.15, 0.2) is 0 Å². The summed E-state index contributed by atoms with van der Waals surface area (Å²) in [6.45, 7) is 12.0. The second-order valence-corrected chi connectivity index (χ2v) is 6.93. The minimum absolute atomic E-state index is 0.611. The summed E-state index contributed by atoms with van der Waals surface area (Å²) < 4.78 is 5.77. The monoisotopic (exact) mass is 282 g/mol. The van der Waals surface area contributed by atoms with E-state index in [0.717, 1.165) is 31.3 Å². The van der Waals surface area contributed by atoms with E-state index < -0.39 is 0 Å². The number of nitrogens with one attached hydrogen (secondary N) is 1. The van der Waals surface area contributed by atoms with E-state index in [2.05, 4.69) is 37.9 Å². The minimum Gasteiger partial charge on any atom is -0.380 e. The molecule has 2 bridgehead atoms. The van der Waals surface area contributed by atoms with E-state index in [0.29, 0.717) is 12.0 Å². The van der Waals surface area contributed by atoms with Gasteiger partial charge in [0.25, 0.3) is 0 Å². The maximum Gasteiger partial charge on any atom is 0.0624 e.